The molecule has 1 amide bonds. The Morgan fingerprint density at radius 2 is 1.95 bits per heavy atom. The van der Waals surface area contributed by atoms with Gasteiger partial charge >= 0.3 is 0 Å². The second kappa shape index (κ2) is 6.57. The molecule has 1 aromatic rings. The summed E-state index contributed by atoms with van der Waals surface area (Å²) in [5.41, 5.74) is -0.105. The zero-order valence-electron chi connectivity index (χ0n) is 12.1. The molecule has 0 saturated carbocycles. The number of benzene rings is 1. The molecule has 1 atom stereocenters. The summed E-state index contributed by atoms with van der Waals surface area (Å²) in [4.78, 5) is 12.0. The quantitative estimate of drug-likeness (QED) is 0.830. The summed E-state index contributed by atoms with van der Waals surface area (Å²) in [5, 5.41) is 12.4. The zero-order valence-corrected chi connectivity index (χ0v) is 12.1. The first-order chi connectivity index (χ1) is 8.86. The molecule has 1 unspecified atom stereocenters. The number of carbonyl (C=O) groups excluding carboxylic acids is 1. The van der Waals surface area contributed by atoms with Crippen molar-refractivity contribution in [2.75, 3.05) is 6.61 Å². The molecule has 0 saturated heterocycles. The van der Waals surface area contributed by atoms with Gasteiger partial charge in [-0.3, -0.25) is 4.79 Å². The van der Waals surface area contributed by atoms with Gasteiger partial charge in [0.05, 0.1) is 18.2 Å². The van der Waals surface area contributed by atoms with Crippen molar-refractivity contribution in [2.45, 2.75) is 45.8 Å². The maximum Gasteiger partial charge on any atom is 0.251 e. The fourth-order valence-electron chi connectivity index (χ4n) is 1.39. The van der Waals surface area contributed by atoms with E-state index in [2.05, 4.69) is 5.32 Å². The van der Waals surface area contributed by atoms with Crippen LogP contribution in [0.15, 0.2) is 24.3 Å². The van der Waals surface area contributed by atoms with Crippen LogP contribution in [-0.2, 0) is 0 Å². The van der Waals surface area contributed by atoms with Crippen LogP contribution in [0.25, 0.3) is 0 Å². The molecule has 4 nitrogen and oxygen atoms in total. The first kappa shape index (κ1) is 15.5. The van der Waals surface area contributed by atoms with E-state index in [1.165, 1.54) is 0 Å². The van der Waals surface area contributed by atoms with Gasteiger partial charge in [0.25, 0.3) is 5.91 Å². The minimum absolute atomic E-state index is 0.201. The number of ether oxygens (including phenoxy) is 1. The van der Waals surface area contributed by atoms with Crippen LogP contribution in [0, 0.1) is 0 Å². The van der Waals surface area contributed by atoms with E-state index in [9.17, 15) is 9.90 Å². The molecule has 4 heteroatoms. The van der Waals surface area contributed by atoms with Gasteiger partial charge in [-0.05, 0) is 51.5 Å². The fourth-order valence-corrected chi connectivity index (χ4v) is 1.39. The van der Waals surface area contributed by atoms with Gasteiger partial charge < -0.3 is 15.2 Å². The van der Waals surface area contributed by atoms with Crippen LogP contribution in [0.1, 0.15) is 44.5 Å². The highest BCUT2D eigenvalue weighted by Gasteiger charge is 2.26. The van der Waals surface area contributed by atoms with Crippen LogP contribution in [0.3, 0.4) is 0 Å². The van der Waals surface area contributed by atoms with Crippen LogP contribution in [0.5, 0.6) is 5.75 Å². The largest absolute Gasteiger partial charge is 0.494 e. The minimum Gasteiger partial charge on any atom is -0.494 e. The Labute approximate surface area is 114 Å². The normalized spacial score (nSPS) is 12.9. The van der Waals surface area contributed by atoms with Crippen molar-refractivity contribution >= 4 is 5.91 Å². The second-order valence-electron chi connectivity index (χ2n) is 5.22. The maximum atomic E-state index is 12.0. The van der Waals surface area contributed by atoms with Crippen molar-refractivity contribution in [3.05, 3.63) is 29.8 Å². The lowest BCUT2D eigenvalue weighted by atomic mass is 9.98. The number of aliphatic hydroxyl groups is 1. The van der Waals surface area contributed by atoms with Crippen LogP contribution >= 0.6 is 0 Å². The predicted octanol–water partition coefficient (Wildman–Crippen LogP) is 2.36. The van der Waals surface area contributed by atoms with E-state index in [1.807, 2.05) is 6.92 Å². The molecule has 0 spiro atoms. The van der Waals surface area contributed by atoms with Crippen molar-refractivity contribution in [1.82, 2.24) is 5.32 Å². The van der Waals surface area contributed by atoms with Crippen molar-refractivity contribution in [2.24, 2.45) is 0 Å². The van der Waals surface area contributed by atoms with Gasteiger partial charge in [-0.2, -0.15) is 0 Å². The van der Waals surface area contributed by atoms with Gasteiger partial charge in [-0.15, -0.1) is 0 Å². The first-order valence-electron chi connectivity index (χ1n) is 6.60. The number of hydrogen-bond donors (Lipinski definition) is 2. The number of amides is 1. The van der Waals surface area contributed by atoms with E-state index in [1.54, 1.807) is 45.0 Å². The smallest absolute Gasteiger partial charge is 0.251 e. The Kier molecular flexibility index (Phi) is 5.36. The third-order valence-electron chi connectivity index (χ3n) is 3.07. The highest BCUT2D eigenvalue weighted by molar-refractivity contribution is 5.94. The number of hydrogen-bond acceptors (Lipinski definition) is 3. The molecule has 1 rings (SSSR count). The third-order valence-corrected chi connectivity index (χ3v) is 3.07. The summed E-state index contributed by atoms with van der Waals surface area (Å²) >= 11 is 0. The van der Waals surface area contributed by atoms with Gasteiger partial charge in [0, 0.05) is 5.56 Å². The standard InChI is InChI=1S/C15H23NO3/c1-5-10-19-13-8-6-12(7-9-13)14(18)16-15(3,4)11(2)17/h6-9,11,17H,5,10H2,1-4H3,(H,16,18). The molecular formula is C15H23NO3. The lowest BCUT2D eigenvalue weighted by Crippen LogP contribution is -2.50. The Balaban J connectivity index is 2.68. The lowest BCUT2D eigenvalue weighted by molar-refractivity contribution is 0.0709. The van der Waals surface area contributed by atoms with Crippen molar-refractivity contribution in [1.29, 1.82) is 0 Å². The van der Waals surface area contributed by atoms with Gasteiger partial charge in [-0.1, -0.05) is 6.92 Å². The average Bonchev–Trinajstić information content (AvgIpc) is 2.36. The zero-order chi connectivity index (χ0) is 14.5. The van der Waals surface area contributed by atoms with Crippen molar-refractivity contribution < 1.29 is 14.6 Å². The summed E-state index contributed by atoms with van der Waals surface area (Å²) in [5.74, 6) is 0.557. The van der Waals surface area contributed by atoms with Gasteiger partial charge in [0.15, 0.2) is 0 Å². The summed E-state index contributed by atoms with van der Waals surface area (Å²) in [6.07, 6.45) is 0.328. The van der Waals surface area contributed by atoms with Gasteiger partial charge in [0.1, 0.15) is 5.75 Å². The van der Waals surface area contributed by atoms with E-state index in [4.69, 9.17) is 4.74 Å². The molecule has 0 bridgehead atoms. The number of aliphatic hydroxyl groups excluding tert-OH is 1. The van der Waals surface area contributed by atoms with E-state index in [0.717, 1.165) is 12.2 Å². The molecule has 0 heterocycles. The molecule has 19 heavy (non-hydrogen) atoms. The third kappa shape index (κ3) is 4.56. The molecule has 106 valence electrons. The molecular weight excluding hydrogens is 242 g/mol. The van der Waals surface area contributed by atoms with Gasteiger partial charge in [0.2, 0.25) is 0 Å². The SMILES string of the molecule is CCCOc1ccc(C(=O)NC(C)(C)C(C)O)cc1. The van der Waals surface area contributed by atoms with Crippen LogP contribution in [-0.4, -0.2) is 29.3 Å². The summed E-state index contributed by atoms with van der Waals surface area (Å²) in [6, 6.07) is 7.00. The molecule has 0 aliphatic carbocycles. The monoisotopic (exact) mass is 265 g/mol. The first-order valence-corrected chi connectivity index (χ1v) is 6.60. The Hall–Kier alpha value is -1.55. The highest BCUT2D eigenvalue weighted by Crippen LogP contribution is 2.14. The maximum absolute atomic E-state index is 12.0. The van der Waals surface area contributed by atoms with E-state index in [0.29, 0.717) is 12.2 Å². The average molecular weight is 265 g/mol. The topological polar surface area (TPSA) is 58.6 Å². The highest BCUT2D eigenvalue weighted by atomic mass is 16.5. The fraction of sp³-hybridized carbons (Fsp3) is 0.533. The van der Waals surface area contributed by atoms with Gasteiger partial charge in [-0.25, -0.2) is 0 Å². The summed E-state index contributed by atoms with van der Waals surface area (Å²) in [6.45, 7) is 7.94. The Morgan fingerprint density at radius 1 is 1.37 bits per heavy atom. The number of rotatable bonds is 6. The molecule has 0 fully saturated rings. The molecule has 0 aliphatic rings. The molecule has 0 aliphatic heterocycles. The predicted molar refractivity (Wildman–Crippen MR) is 75.5 cm³/mol. The molecule has 0 aromatic heterocycles. The Morgan fingerprint density at radius 3 is 2.42 bits per heavy atom. The number of nitrogens with one attached hydrogen (secondary N) is 1. The van der Waals surface area contributed by atoms with Crippen LogP contribution in [0.4, 0.5) is 0 Å². The van der Waals surface area contributed by atoms with E-state index < -0.39 is 11.6 Å². The van der Waals surface area contributed by atoms with E-state index >= 15 is 0 Å². The lowest BCUT2D eigenvalue weighted by Gasteiger charge is -2.29. The second-order valence-corrected chi connectivity index (χ2v) is 5.22. The Bertz CT molecular complexity index is 410. The molecule has 2 N–H and O–H groups in total. The summed E-state index contributed by atoms with van der Waals surface area (Å²) < 4.78 is 5.46. The molecule has 1 aromatic carbocycles. The van der Waals surface area contributed by atoms with Crippen LogP contribution < -0.4 is 10.1 Å². The summed E-state index contributed by atoms with van der Waals surface area (Å²) in [7, 11) is 0. The number of carbonyl (C=O) groups is 1. The molecule has 0 radical (unpaired) electrons. The van der Waals surface area contributed by atoms with Crippen molar-refractivity contribution in [3.63, 3.8) is 0 Å². The van der Waals surface area contributed by atoms with E-state index in [-0.39, 0.29) is 5.91 Å². The van der Waals surface area contributed by atoms with Crippen LogP contribution in [0.2, 0.25) is 0 Å². The minimum atomic E-state index is -0.658. The van der Waals surface area contributed by atoms with Crippen molar-refractivity contribution in [3.8, 4) is 5.75 Å².